The van der Waals surface area contributed by atoms with Crippen LogP contribution in [0, 0.1) is 13.8 Å². The Morgan fingerprint density at radius 2 is 1.76 bits per heavy atom. The van der Waals surface area contributed by atoms with E-state index >= 15 is 0 Å². The summed E-state index contributed by atoms with van der Waals surface area (Å²) in [5.74, 6) is 1.11. The van der Waals surface area contributed by atoms with Gasteiger partial charge in [0.15, 0.2) is 0 Å². The fourth-order valence-corrected chi connectivity index (χ4v) is 1.36. The minimum atomic E-state index is 0.424. The third-order valence-electron chi connectivity index (χ3n) is 2.05. The van der Waals surface area contributed by atoms with Crippen LogP contribution in [0.15, 0.2) is 0 Å². The third-order valence-corrected chi connectivity index (χ3v) is 2.42. The number of halogens is 1. The van der Waals surface area contributed by atoms with Crippen LogP contribution in [0.25, 0.3) is 0 Å². The SMILES string of the molecule is COCCOCCOc1nc(C)nc(Cl)c1C. The smallest absolute Gasteiger partial charge is 0.221 e. The van der Waals surface area contributed by atoms with E-state index in [-0.39, 0.29) is 0 Å². The number of nitrogens with zero attached hydrogens (tertiary/aromatic N) is 2. The number of hydrogen-bond donors (Lipinski definition) is 0. The summed E-state index contributed by atoms with van der Waals surface area (Å²) in [6.45, 7) is 5.65. The van der Waals surface area contributed by atoms with Crippen molar-refractivity contribution in [1.29, 1.82) is 0 Å². The van der Waals surface area contributed by atoms with E-state index < -0.39 is 0 Å². The molecule has 1 rings (SSSR count). The molecule has 0 aliphatic heterocycles. The molecule has 0 saturated heterocycles. The van der Waals surface area contributed by atoms with Crippen molar-refractivity contribution in [3.63, 3.8) is 0 Å². The molecule has 0 amide bonds. The number of aryl methyl sites for hydroxylation is 1. The molecule has 96 valence electrons. The van der Waals surface area contributed by atoms with Crippen molar-refractivity contribution >= 4 is 11.6 Å². The maximum absolute atomic E-state index is 5.92. The molecule has 0 saturated carbocycles. The zero-order chi connectivity index (χ0) is 12.7. The Kier molecular flexibility index (Phi) is 6.18. The third kappa shape index (κ3) is 4.85. The van der Waals surface area contributed by atoms with Crippen LogP contribution in [0.3, 0.4) is 0 Å². The van der Waals surface area contributed by atoms with E-state index in [2.05, 4.69) is 9.97 Å². The Balaban J connectivity index is 2.36. The largest absolute Gasteiger partial charge is 0.475 e. The van der Waals surface area contributed by atoms with Gasteiger partial charge in [0.2, 0.25) is 5.88 Å². The Morgan fingerprint density at radius 3 is 2.47 bits per heavy atom. The number of ether oxygens (including phenoxy) is 3. The van der Waals surface area contributed by atoms with Gasteiger partial charge in [0.05, 0.1) is 19.8 Å². The molecule has 0 radical (unpaired) electrons. The van der Waals surface area contributed by atoms with Gasteiger partial charge < -0.3 is 14.2 Å². The fourth-order valence-electron chi connectivity index (χ4n) is 1.15. The van der Waals surface area contributed by atoms with Crippen molar-refractivity contribution in [3.05, 3.63) is 16.5 Å². The first-order valence-electron chi connectivity index (χ1n) is 5.35. The van der Waals surface area contributed by atoms with Gasteiger partial charge in [0.1, 0.15) is 17.6 Å². The van der Waals surface area contributed by atoms with Crippen LogP contribution in [-0.2, 0) is 9.47 Å². The maximum Gasteiger partial charge on any atom is 0.221 e. The van der Waals surface area contributed by atoms with E-state index in [0.29, 0.717) is 43.3 Å². The molecule has 5 nitrogen and oxygen atoms in total. The normalized spacial score (nSPS) is 10.6. The number of hydrogen-bond acceptors (Lipinski definition) is 5. The summed E-state index contributed by atoms with van der Waals surface area (Å²) in [5.41, 5.74) is 0.745. The van der Waals surface area contributed by atoms with Crippen LogP contribution in [-0.4, -0.2) is 43.5 Å². The van der Waals surface area contributed by atoms with Gasteiger partial charge in [-0.05, 0) is 13.8 Å². The molecule has 0 fully saturated rings. The molecule has 0 aliphatic rings. The van der Waals surface area contributed by atoms with Crippen LogP contribution in [0.1, 0.15) is 11.4 Å². The molecule has 6 heteroatoms. The highest BCUT2D eigenvalue weighted by Crippen LogP contribution is 2.21. The van der Waals surface area contributed by atoms with E-state index in [1.807, 2.05) is 6.92 Å². The zero-order valence-corrected chi connectivity index (χ0v) is 11.1. The summed E-state index contributed by atoms with van der Waals surface area (Å²) in [7, 11) is 1.63. The Labute approximate surface area is 106 Å². The maximum atomic E-state index is 5.92. The highest BCUT2D eigenvalue weighted by Gasteiger charge is 2.08. The molecule has 0 unspecified atom stereocenters. The van der Waals surface area contributed by atoms with Crippen molar-refractivity contribution in [1.82, 2.24) is 9.97 Å². The summed E-state index contributed by atoms with van der Waals surface area (Å²) in [6, 6.07) is 0. The number of rotatable bonds is 7. The summed E-state index contributed by atoms with van der Waals surface area (Å²) in [4.78, 5) is 8.20. The fraction of sp³-hybridized carbons (Fsp3) is 0.636. The van der Waals surface area contributed by atoms with E-state index in [0.717, 1.165) is 5.56 Å². The van der Waals surface area contributed by atoms with E-state index in [9.17, 15) is 0 Å². The van der Waals surface area contributed by atoms with Crippen molar-refractivity contribution in [3.8, 4) is 5.88 Å². The second-order valence-electron chi connectivity index (χ2n) is 3.45. The standard InChI is InChI=1S/C11H17ClN2O3/c1-8-10(12)13-9(2)14-11(8)17-7-6-16-5-4-15-3/h4-7H2,1-3H3. The lowest BCUT2D eigenvalue weighted by Gasteiger charge is -2.09. The van der Waals surface area contributed by atoms with Gasteiger partial charge >= 0.3 is 0 Å². The number of methoxy groups -OCH3 is 1. The lowest BCUT2D eigenvalue weighted by molar-refractivity contribution is 0.0535. The van der Waals surface area contributed by atoms with Crippen molar-refractivity contribution < 1.29 is 14.2 Å². The van der Waals surface area contributed by atoms with Crippen LogP contribution in [0.4, 0.5) is 0 Å². The van der Waals surface area contributed by atoms with Crippen LogP contribution in [0.2, 0.25) is 5.15 Å². The molecule has 0 N–H and O–H groups in total. The second kappa shape index (κ2) is 7.42. The van der Waals surface area contributed by atoms with Gasteiger partial charge in [0.25, 0.3) is 0 Å². The first-order valence-corrected chi connectivity index (χ1v) is 5.73. The van der Waals surface area contributed by atoms with Gasteiger partial charge in [-0.1, -0.05) is 11.6 Å². The average molecular weight is 261 g/mol. The summed E-state index contributed by atoms with van der Waals surface area (Å²) in [6.07, 6.45) is 0. The Morgan fingerprint density at radius 1 is 1.06 bits per heavy atom. The molecule has 0 bridgehead atoms. The lowest BCUT2D eigenvalue weighted by Crippen LogP contribution is -2.11. The average Bonchev–Trinajstić information content (AvgIpc) is 2.29. The van der Waals surface area contributed by atoms with Crippen LogP contribution >= 0.6 is 11.6 Å². The topological polar surface area (TPSA) is 53.5 Å². The van der Waals surface area contributed by atoms with Crippen LogP contribution < -0.4 is 4.74 Å². The molecular weight excluding hydrogens is 244 g/mol. The molecule has 0 atom stereocenters. The van der Waals surface area contributed by atoms with Crippen LogP contribution in [0.5, 0.6) is 5.88 Å². The Hall–Kier alpha value is -0.910. The molecular formula is C11H17ClN2O3. The first-order chi connectivity index (χ1) is 8.15. The van der Waals surface area contributed by atoms with Gasteiger partial charge in [-0.25, -0.2) is 4.98 Å². The lowest BCUT2D eigenvalue weighted by atomic mass is 10.3. The molecule has 0 aliphatic carbocycles. The highest BCUT2D eigenvalue weighted by atomic mass is 35.5. The summed E-state index contributed by atoms with van der Waals surface area (Å²) >= 11 is 5.92. The predicted octanol–water partition coefficient (Wildman–Crippen LogP) is 1.79. The van der Waals surface area contributed by atoms with Crippen molar-refractivity contribution in [2.75, 3.05) is 33.5 Å². The molecule has 0 spiro atoms. The van der Waals surface area contributed by atoms with Crippen molar-refractivity contribution in [2.45, 2.75) is 13.8 Å². The molecule has 17 heavy (non-hydrogen) atoms. The van der Waals surface area contributed by atoms with Gasteiger partial charge in [-0.2, -0.15) is 4.98 Å². The van der Waals surface area contributed by atoms with Gasteiger partial charge in [-0.15, -0.1) is 0 Å². The van der Waals surface area contributed by atoms with Crippen molar-refractivity contribution in [2.24, 2.45) is 0 Å². The summed E-state index contributed by atoms with van der Waals surface area (Å²) in [5, 5.41) is 0.424. The monoisotopic (exact) mass is 260 g/mol. The molecule has 1 aromatic rings. The van der Waals surface area contributed by atoms with E-state index in [1.54, 1.807) is 14.0 Å². The number of aromatic nitrogens is 2. The van der Waals surface area contributed by atoms with Gasteiger partial charge in [0, 0.05) is 12.7 Å². The zero-order valence-electron chi connectivity index (χ0n) is 10.3. The first kappa shape index (κ1) is 14.2. The second-order valence-corrected chi connectivity index (χ2v) is 3.80. The highest BCUT2D eigenvalue weighted by molar-refractivity contribution is 6.30. The van der Waals surface area contributed by atoms with E-state index in [4.69, 9.17) is 25.8 Å². The van der Waals surface area contributed by atoms with Gasteiger partial charge in [-0.3, -0.25) is 0 Å². The molecule has 1 heterocycles. The summed E-state index contributed by atoms with van der Waals surface area (Å²) < 4.78 is 15.6. The van der Waals surface area contributed by atoms with E-state index in [1.165, 1.54) is 0 Å². The Bertz CT molecular complexity index is 361. The minimum absolute atomic E-state index is 0.424. The predicted molar refractivity (Wildman–Crippen MR) is 64.7 cm³/mol. The minimum Gasteiger partial charge on any atom is -0.475 e. The quantitative estimate of drug-likeness (QED) is 0.553. The molecule has 1 aromatic heterocycles. The molecule has 0 aromatic carbocycles.